The SMILES string of the molecule is Cc1cc(OCCCC(=O)NCCCOCCOCCOCCCNC(=O)OCc2ccccc2)cc(C)c1S(=O)(=O)NC(CNC(=O)c1cn(C)c2cc(CN=C3CC=CN3)ccc2c1=O)C(=O)O. The second kappa shape index (κ2) is 28.1. The van der Waals surface area contributed by atoms with Crippen molar-refractivity contribution in [3.63, 3.8) is 0 Å². The van der Waals surface area contributed by atoms with Gasteiger partial charge < -0.3 is 54.6 Å². The van der Waals surface area contributed by atoms with E-state index in [0.29, 0.717) is 96.2 Å². The largest absolute Gasteiger partial charge is 0.494 e. The minimum atomic E-state index is -4.43. The second-order valence-electron chi connectivity index (χ2n) is 16.3. The normalized spacial score (nSPS) is 13.2. The maximum Gasteiger partial charge on any atom is 0.407 e. The van der Waals surface area contributed by atoms with Crippen LogP contribution in [0.4, 0.5) is 4.79 Å². The summed E-state index contributed by atoms with van der Waals surface area (Å²) in [5, 5.41) is 21.2. The number of aliphatic carboxylic acids is 1. The number of amidine groups is 1. The van der Waals surface area contributed by atoms with Gasteiger partial charge in [-0.05, 0) is 85.8 Å². The van der Waals surface area contributed by atoms with Crippen molar-refractivity contribution in [2.24, 2.45) is 12.0 Å². The summed E-state index contributed by atoms with van der Waals surface area (Å²) in [6.07, 6.45) is 7.23. The van der Waals surface area contributed by atoms with Crippen molar-refractivity contribution in [1.29, 1.82) is 0 Å². The van der Waals surface area contributed by atoms with Crippen LogP contribution in [0, 0.1) is 13.8 Å². The van der Waals surface area contributed by atoms with Gasteiger partial charge >= 0.3 is 12.1 Å². The Balaban J connectivity index is 0.925. The molecule has 4 aromatic rings. The fraction of sp³-hybridized carbons (Fsp3) is 0.429. The number of carbonyl (C=O) groups is 4. The number of nitrogens with zero attached hydrogens (tertiary/aromatic N) is 2. The highest BCUT2D eigenvalue weighted by atomic mass is 32.2. The summed E-state index contributed by atoms with van der Waals surface area (Å²) < 4.78 is 58.5. The number of alkyl carbamates (subject to hydrolysis) is 1. The van der Waals surface area contributed by atoms with Crippen LogP contribution >= 0.6 is 0 Å². The molecule has 0 spiro atoms. The van der Waals surface area contributed by atoms with Gasteiger partial charge in [0.2, 0.25) is 21.4 Å². The first-order valence-corrected chi connectivity index (χ1v) is 24.5. The maximum atomic E-state index is 13.6. The third-order valence-electron chi connectivity index (χ3n) is 10.7. The number of carboxylic acids is 1. The Kier molecular flexibility index (Phi) is 21.8. The number of amides is 3. The average Bonchev–Trinajstić information content (AvgIpc) is 3.86. The van der Waals surface area contributed by atoms with Crippen LogP contribution in [0.25, 0.3) is 10.9 Å². The van der Waals surface area contributed by atoms with E-state index in [1.807, 2.05) is 48.7 Å². The lowest BCUT2D eigenvalue weighted by molar-refractivity contribution is -0.138. The zero-order chi connectivity index (χ0) is 50.3. The van der Waals surface area contributed by atoms with E-state index >= 15 is 0 Å². The number of fused-ring (bicyclic) bond motifs is 1. The Bertz CT molecular complexity index is 2610. The maximum absolute atomic E-state index is 13.6. The Hall–Kier alpha value is -6.65. The molecule has 0 bridgehead atoms. The van der Waals surface area contributed by atoms with Crippen LogP contribution in [0.5, 0.6) is 5.75 Å². The zero-order valence-corrected chi connectivity index (χ0v) is 40.6. The Morgan fingerprint density at radius 2 is 1.50 bits per heavy atom. The number of pyridine rings is 1. The van der Waals surface area contributed by atoms with Gasteiger partial charge in [-0.15, -0.1) is 0 Å². The molecule has 0 fully saturated rings. The van der Waals surface area contributed by atoms with E-state index in [2.05, 4.69) is 31.0 Å². The summed E-state index contributed by atoms with van der Waals surface area (Å²) in [4.78, 5) is 67.3. The van der Waals surface area contributed by atoms with Crippen molar-refractivity contribution in [3.8, 4) is 5.75 Å². The van der Waals surface area contributed by atoms with Crippen molar-refractivity contribution in [3.05, 3.63) is 117 Å². The highest BCUT2D eigenvalue weighted by molar-refractivity contribution is 7.89. The molecule has 1 aromatic heterocycles. The minimum Gasteiger partial charge on any atom is -0.494 e. The molecule has 378 valence electrons. The Labute approximate surface area is 407 Å². The summed E-state index contributed by atoms with van der Waals surface area (Å²) in [7, 11) is -2.75. The van der Waals surface area contributed by atoms with Crippen LogP contribution in [0.15, 0.2) is 93.8 Å². The van der Waals surface area contributed by atoms with Crippen molar-refractivity contribution < 1.29 is 56.4 Å². The van der Waals surface area contributed by atoms with Crippen molar-refractivity contribution in [1.82, 2.24) is 30.6 Å². The van der Waals surface area contributed by atoms with E-state index in [1.54, 1.807) is 37.6 Å². The quantitative estimate of drug-likeness (QED) is 0.0407. The highest BCUT2D eigenvalue weighted by Gasteiger charge is 2.29. The number of nitrogens with one attached hydrogen (secondary N) is 5. The van der Waals surface area contributed by atoms with Gasteiger partial charge in [0.15, 0.2) is 0 Å². The van der Waals surface area contributed by atoms with E-state index in [4.69, 9.17) is 23.7 Å². The van der Waals surface area contributed by atoms with Gasteiger partial charge in [0.25, 0.3) is 5.91 Å². The minimum absolute atomic E-state index is 0.151. The predicted molar refractivity (Wildman–Crippen MR) is 261 cm³/mol. The number of benzene rings is 3. The molecule has 0 radical (unpaired) electrons. The number of aromatic nitrogens is 1. The molecular formula is C49H63N7O13S. The third kappa shape index (κ3) is 17.7. The van der Waals surface area contributed by atoms with Gasteiger partial charge in [-0.25, -0.2) is 13.2 Å². The molecule has 0 saturated heterocycles. The van der Waals surface area contributed by atoms with Gasteiger partial charge in [-0.2, -0.15) is 4.72 Å². The van der Waals surface area contributed by atoms with E-state index in [1.165, 1.54) is 18.3 Å². The molecule has 1 unspecified atom stereocenters. The lowest BCUT2D eigenvalue weighted by Gasteiger charge is -2.19. The summed E-state index contributed by atoms with van der Waals surface area (Å²) in [5.74, 6) is -1.35. The lowest BCUT2D eigenvalue weighted by Crippen LogP contribution is -2.49. The number of carboxylic acid groups (broad SMARTS) is 1. The first-order valence-electron chi connectivity index (χ1n) is 23.0. The van der Waals surface area contributed by atoms with Crippen LogP contribution in [-0.2, 0) is 58.8 Å². The third-order valence-corrected chi connectivity index (χ3v) is 12.5. The number of carbonyl (C=O) groups excluding carboxylic acids is 3. The van der Waals surface area contributed by atoms with Gasteiger partial charge in [-0.3, -0.25) is 24.2 Å². The monoisotopic (exact) mass is 989 g/mol. The number of ether oxygens (including phenoxy) is 5. The van der Waals surface area contributed by atoms with Gasteiger partial charge in [0.1, 0.15) is 29.8 Å². The molecule has 2 heterocycles. The van der Waals surface area contributed by atoms with Crippen molar-refractivity contribution >= 4 is 50.6 Å². The van der Waals surface area contributed by atoms with Crippen molar-refractivity contribution in [2.75, 3.05) is 65.9 Å². The number of aryl methyl sites for hydroxylation is 3. The fourth-order valence-corrected chi connectivity index (χ4v) is 8.84. The van der Waals surface area contributed by atoms with Gasteiger partial charge in [0.05, 0.1) is 50.0 Å². The molecule has 1 atom stereocenters. The first kappa shape index (κ1) is 54.3. The molecular weight excluding hydrogens is 927 g/mol. The number of hydrogen-bond acceptors (Lipinski definition) is 13. The number of sulfonamides is 1. The van der Waals surface area contributed by atoms with E-state index < -0.39 is 46.0 Å². The number of hydrogen-bond donors (Lipinski definition) is 6. The van der Waals surface area contributed by atoms with Crippen LogP contribution < -0.4 is 36.2 Å². The van der Waals surface area contributed by atoms with E-state index in [-0.39, 0.29) is 52.5 Å². The number of aliphatic imine (C=N–C) groups is 1. The highest BCUT2D eigenvalue weighted by Crippen LogP contribution is 2.26. The molecule has 20 nitrogen and oxygen atoms in total. The Morgan fingerprint density at radius 1 is 0.829 bits per heavy atom. The summed E-state index contributed by atoms with van der Waals surface area (Å²) >= 11 is 0. The topological polar surface area (TPSA) is 263 Å². The van der Waals surface area contributed by atoms with Crippen LogP contribution in [-0.4, -0.2) is 120 Å². The summed E-state index contributed by atoms with van der Waals surface area (Å²) in [5.41, 5.74) is 2.13. The molecule has 0 saturated carbocycles. The molecule has 21 heteroatoms. The zero-order valence-electron chi connectivity index (χ0n) is 39.8. The number of rotatable bonds is 30. The van der Waals surface area contributed by atoms with Crippen molar-refractivity contribution in [2.45, 2.75) is 70.0 Å². The molecule has 1 aliphatic heterocycles. The second-order valence-corrected chi connectivity index (χ2v) is 17.9. The molecule has 70 heavy (non-hydrogen) atoms. The fourth-order valence-electron chi connectivity index (χ4n) is 7.20. The predicted octanol–water partition coefficient (Wildman–Crippen LogP) is 3.75. The average molecular weight is 990 g/mol. The summed E-state index contributed by atoms with van der Waals surface area (Å²) in [6, 6.07) is 15.9. The van der Waals surface area contributed by atoms with Crippen LogP contribution in [0.3, 0.4) is 0 Å². The molecule has 0 aliphatic carbocycles. The standard InChI is InChI=1S/C49H63N7O13S/c1-34-27-38(68-22-8-14-44(57)51-18-9-20-65-23-25-67-26-24-66-21-10-19-52-49(62)69-33-36-11-5-4-6-12-36)28-35(2)46(34)70(63,64)55-41(48(60)61)31-54-47(59)40-32-56(3)42-29-37(15-16-39(42)45(40)58)30-53-43-13-7-17-50-43/h4-7,11-12,15-17,27-29,32,41,55H,8-10,13-14,18-26,30-31,33H2,1-3H3,(H,50,53)(H,51,57)(H,52,62)(H,54,59)(H,60,61). The molecule has 6 N–H and O–H groups in total. The molecule has 1 aliphatic rings. The van der Waals surface area contributed by atoms with Crippen LogP contribution in [0.1, 0.15) is 64.7 Å². The lowest BCUT2D eigenvalue weighted by atomic mass is 10.1. The first-order chi connectivity index (χ1) is 33.7. The van der Waals surface area contributed by atoms with E-state index in [0.717, 1.165) is 17.0 Å². The molecule has 5 rings (SSSR count). The molecule has 3 aromatic carbocycles. The smallest absolute Gasteiger partial charge is 0.407 e. The van der Waals surface area contributed by atoms with E-state index in [9.17, 15) is 37.5 Å². The van der Waals surface area contributed by atoms with Gasteiger partial charge in [-0.1, -0.05) is 42.5 Å². The van der Waals surface area contributed by atoms with Crippen LogP contribution in [0.2, 0.25) is 0 Å². The summed E-state index contributed by atoms with van der Waals surface area (Å²) in [6.45, 7) is 6.67. The molecule has 3 amide bonds. The Morgan fingerprint density at radius 3 is 2.16 bits per heavy atom. The van der Waals surface area contributed by atoms with Gasteiger partial charge in [0, 0.05) is 64.3 Å².